The SMILES string of the molecule is CCNC(=O)c1ccc(NCc2cc(Br)ccc2O)cc1. The van der Waals surface area contributed by atoms with E-state index < -0.39 is 0 Å². The highest BCUT2D eigenvalue weighted by atomic mass is 79.9. The highest BCUT2D eigenvalue weighted by Crippen LogP contribution is 2.23. The summed E-state index contributed by atoms with van der Waals surface area (Å²) >= 11 is 3.38. The van der Waals surface area contributed by atoms with Gasteiger partial charge in [0.25, 0.3) is 5.91 Å². The summed E-state index contributed by atoms with van der Waals surface area (Å²) in [6.07, 6.45) is 0. The van der Waals surface area contributed by atoms with Gasteiger partial charge in [0, 0.05) is 34.4 Å². The second-order valence-electron chi connectivity index (χ2n) is 4.56. The van der Waals surface area contributed by atoms with Gasteiger partial charge in [0.1, 0.15) is 5.75 Å². The molecule has 0 saturated carbocycles. The van der Waals surface area contributed by atoms with Crippen molar-refractivity contribution in [1.82, 2.24) is 5.32 Å². The van der Waals surface area contributed by atoms with Crippen LogP contribution in [0.1, 0.15) is 22.8 Å². The third-order valence-electron chi connectivity index (χ3n) is 3.01. The fraction of sp³-hybridized carbons (Fsp3) is 0.188. The largest absolute Gasteiger partial charge is 0.508 e. The Hall–Kier alpha value is -2.01. The third-order valence-corrected chi connectivity index (χ3v) is 3.50. The van der Waals surface area contributed by atoms with Gasteiger partial charge in [-0.2, -0.15) is 0 Å². The van der Waals surface area contributed by atoms with Crippen molar-refractivity contribution in [2.24, 2.45) is 0 Å². The number of rotatable bonds is 5. The van der Waals surface area contributed by atoms with Gasteiger partial charge in [-0.3, -0.25) is 4.79 Å². The van der Waals surface area contributed by atoms with E-state index in [1.807, 2.05) is 25.1 Å². The number of halogens is 1. The molecule has 0 bridgehead atoms. The monoisotopic (exact) mass is 348 g/mol. The number of anilines is 1. The average Bonchev–Trinajstić information content (AvgIpc) is 2.49. The summed E-state index contributed by atoms with van der Waals surface area (Å²) < 4.78 is 0.920. The molecule has 21 heavy (non-hydrogen) atoms. The van der Waals surface area contributed by atoms with Gasteiger partial charge in [-0.25, -0.2) is 0 Å². The number of hydrogen-bond acceptors (Lipinski definition) is 3. The van der Waals surface area contributed by atoms with E-state index in [1.54, 1.807) is 24.3 Å². The van der Waals surface area contributed by atoms with Crippen LogP contribution in [0.2, 0.25) is 0 Å². The molecule has 0 aromatic heterocycles. The van der Waals surface area contributed by atoms with Crippen molar-refractivity contribution >= 4 is 27.5 Å². The summed E-state index contributed by atoms with van der Waals surface area (Å²) in [7, 11) is 0. The topological polar surface area (TPSA) is 61.4 Å². The summed E-state index contributed by atoms with van der Waals surface area (Å²) in [5, 5.41) is 15.7. The number of phenolic OH excluding ortho intramolecular Hbond substituents is 1. The Morgan fingerprint density at radius 1 is 1.19 bits per heavy atom. The van der Waals surface area contributed by atoms with Gasteiger partial charge in [-0.05, 0) is 49.4 Å². The zero-order valence-electron chi connectivity index (χ0n) is 11.7. The fourth-order valence-corrected chi connectivity index (χ4v) is 2.30. The van der Waals surface area contributed by atoms with Crippen LogP contribution in [0, 0.1) is 0 Å². The van der Waals surface area contributed by atoms with Crippen molar-refractivity contribution in [1.29, 1.82) is 0 Å². The molecule has 2 rings (SSSR count). The van der Waals surface area contributed by atoms with Crippen LogP contribution in [0.25, 0.3) is 0 Å². The Kier molecular flexibility index (Phi) is 5.22. The normalized spacial score (nSPS) is 10.2. The molecule has 4 nitrogen and oxygen atoms in total. The van der Waals surface area contributed by atoms with Crippen LogP contribution < -0.4 is 10.6 Å². The van der Waals surface area contributed by atoms with Gasteiger partial charge >= 0.3 is 0 Å². The quantitative estimate of drug-likeness (QED) is 0.774. The first-order chi connectivity index (χ1) is 10.1. The zero-order valence-corrected chi connectivity index (χ0v) is 13.3. The molecular formula is C16H17BrN2O2. The number of hydrogen-bond donors (Lipinski definition) is 3. The van der Waals surface area contributed by atoms with E-state index in [4.69, 9.17) is 0 Å². The van der Waals surface area contributed by atoms with Crippen LogP contribution in [0.4, 0.5) is 5.69 Å². The summed E-state index contributed by atoms with van der Waals surface area (Å²) in [5.41, 5.74) is 2.33. The van der Waals surface area contributed by atoms with Crippen LogP contribution in [0.15, 0.2) is 46.9 Å². The van der Waals surface area contributed by atoms with E-state index >= 15 is 0 Å². The lowest BCUT2D eigenvalue weighted by Gasteiger charge is -2.09. The smallest absolute Gasteiger partial charge is 0.251 e. The summed E-state index contributed by atoms with van der Waals surface area (Å²) in [6.45, 7) is 3.01. The predicted octanol–water partition coefficient (Wildman–Crippen LogP) is 3.52. The van der Waals surface area contributed by atoms with E-state index in [0.29, 0.717) is 18.7 Å². The molecule has 0 radical (unpaired) electrons. The van der Waals surface area contributed by atoms with Crippen molar-refractivity contribution in [2.75, 3.05) is 11.9 Å². The first-order valence-corrected chi connectivity index (χ1v) is 7.49. The molecular weight excluding hydrogens is 332 g/mol. The lowest BCUT2D eigenvalue weighted by atomic mass is 10.1. The highest BCUT2D eigenvalue weighted by molar-refractivity contribution is 9.10. The van der Waals surface area contributed by atoms with Crippen molar-refractivity contribution in [2.45, 2.75) is 13.5 Å². The first-order valence-electron chi connectivity index (χ1n) is 6.69. The van der Waals surface area contributed by atoms with Gasteiger partial charge in [-0.1, -0.05) is 15.9 Å². The van der Waals surface area contributed by atoms with E-state index in [1.165, 1.54) is 0 Å². The molecule has 0 fully saturated rings. The van der Waals surface area contributed by atoms with Crippen LogP contribution in [0.3, 0.4) is 0 Å². The minimum atomic E-state index is -0.0753. The van der Waals surface area contributed by atoms with E-state index in [2.05, 4.69) is 26.6 Å². The maximum atomic E-state index is 11.6. The Labute approximate surface area is 132 Å². The second-order valence-corrected chi connectivity index (χ2v) is 5.48. The zero-order chi connectivity index (χ0) is 15.2. The van der Waals surface area contributed by atoms with Crippen molar-refractivity contribution in [3.8, 4) is 5.75 Å². The maximum absolute atomic E-state index is 11.6. The predicted molar refractivity (Wildman–Crippen MR) is 87.6 cm³/mol. The Balaban J connectivity index is 2.00. The molecule has 0 unspecified atom stereocenters. The van der Waals surface area contributed by atoms with Gasteiger partial charge in [-0.15, -0.1) is 0 Å². The first kappa shape index (κ1) is 15.4. The molecule has 0 saturated heterocycles. The molecule has 3 N–H and O–H groups in total. The number of benzene rings is 2. The van der Waals surface area contributed by atoms with Crippen LogP contribution in [0.5, 0.6) is 5.75 Å². The van der Waals surface area contributed by atoms with Gasteiger partial charge in [0.2, 0.25) is 0 Å². The number of aromatic hydroxyl groups is 1. The number of carbonyl (C=O) groups excluding carboxylic acids is 1. The molecule has 0 atom stereocenters. The molecule has 2 aromatic rings. The third kappa shape index (κ3) is 4.23. The lowest BCUT2D eigenvalue weighted by molar-refractivity contribution is 0.0956. The second kappa shape index (κ2) is 7.13. The number of phenols is 1. The maximum Gasteiger partial charge on any atom is 0.251 e. The van der Waals surface area contributed by atoms with Crippen molar-refractivity contribution in [3.05, 3.63) is 58.1 Å². The summed E-state index contributed by atoms with van der Waals surface area (Å²) in [5.74, 6) is 0.179. The average molecular weight is 349 g/mol. The molecule has 110 valence electrons. The van der Waals surface area contributed by atoms with Gasteiger partial charge in [0.15, 0.2) is 0 Å². The molecule has 0 aliphatic carbocycles. The fourth-order valence-electron chi connectivity index (χ4n) is 1.90. The minimum Gasteiger partial charge on any atom is -0.508 e. The standard InChI is InChI=1S/C16H17BrN2O2/c1-2-18-16(21)11-3-6-14(7-4-11)19-10-12-9-13(17)5-8-15(12)20/h3-9,19-20H,2,10H2,1H3,(H,18,21). The number of carbonyl (C=O) groups is 1. The Morgan fingerprint density at radius 2 is 1.90 bits per heavy atom. The summed E-state index contributed by atoms with van der Waals surface area (Å²) in [4.78, 5) is 11.6. The number of amides is 1. The van der Waals surface area contributed by atoms with Crippen LogP contribution >= 0.6 is 15.9 Å². The van der Waals surface area contributed by atoms with E-state index in [0.717, 1.165) is 15.7 Å². The van der Waals surface area contributed by atoms with Crippen molar-refractivity contribution < 1.29 is 9.90 Å². The Morgan fingerprint density at radius 3 is 2.57 bits per heavy atom. The van der Waals surface area contributed by atoms with Crippen LogP contribution in [-0.2, 0) is 6.54 Å². The van der Waals surface area contributed by atoms with Crippen LogP contribution in [-0.4, -0.2) is 17.6 Å². The minimum absolute atomic E-state index is 0.0753. The highest BCUT2D eigenvalue weighted by Gasteiger charge is 2.05. The van der Waals surface area contributed by atoms with Gasteiger partial charge < -0.3 is 15.7 Å². The van der Waals surface area contributed by atoms with E-state index in [-0.39, 0.29) is 11.7 Å². The van der Waals surface area contributed by atoms with E-state index in [9.17, 15) is 9.90 Å². The molecule has 5 heteroatoms. The molecule has 1 amide bonds. The Bertz CT molecular complexity index is 627. The molecule has 2 aromatic carbocycles. The summed E-state index contributed by atoms with van der Waals surface area (Å²) in [6, 6.07) is 12.5. The van der Waals surface area contributed by atoms with Gasteiger partial charge in [0.05, 0.1) is 0 Å². The molecule has 0 spiro atoms. The lowest BCUT2D eigenvalue weighted by Crippen LogP contribution is -2.22. The van der Waals surface area contributed by atoms with Crippen molar-refractivity contribution in [3.63, 3.8) is 0 Å². The molecule has 0 heterocycles. The number of nitrogens with one attached hydrogen (secondary N) is 2. The molecule has 0 aliphatic rings. The molecule has 0 aliphatic heterocycles.